The van der Waals surface area contributed by atoms with Gasteiger partial charge >= 0.3 is 0 Å². The van der Waals surface area contributed by atoms with Crippen LogP contribution in [0.25, 0.3) is 88.3 Å². The van der Waals surface area contributed by atoms with Crippen LogP contribution in [-0.2, 0) is 0 Å². The zero-order valence-corrected chi connectivity index (χ0v) is 31.3. The Morgan fingerprint density at radius 1 is 0.228 bits per heavy atom. The van der Waals surface area contributed by atoms with Crippen molar-refractivity contribution in [1.29, 1.82) is 0 Å². The smallest absolute Gasteiger partial charge is 0.0468 e. The summed E-state index contributed by atoms with van der Waals surface area (Å²) in [5.41, 5.74) is 18.6. The van der Waals surface area contributed by atoms with Crippen molar-refractivity contribution >= 4 is 38.6 Å². The van der Waals surface area contributed by atoms with Crippen LogP contribution in [0.3, 0.4) is 0 Å². The van der Waals surface area contributed by atoms with E-state index < -0.39 is 0 Å². The molecular weight excluding hydrogens is 687 g/mol. The first-order chi connectivity index (χ1) is 28.3. The molecule has 266 valence electrons. The summed E-state index contributed by atoms with van der Waals surface area (Å²) in [4.78, 5) is 2.35. The minimum atomic E-state index is 1.13. The van der Waals surface area contributed by atoms with Crippen molar-refractivity contribution in [1.82, 2.24) is 0 Å². The summed E-state index contributed by atoms with van der Waals surface area (Å²) in [6.07, 6.45) is 0. The second kappa shape index (κ2) is 13.7. The van der Waals surface area contributed by atoms with Gasteiger partial charge in [-0.3, -0.25) is 0 Å². The number of hydrogen-bond acceptors (Lipinski definition) is 1. The summed E-state index contributed by atoms with van der Waals surface area (Å²) in [5.74, 6) is 0. The standard InChI is InChI=1S/C56H37N/c1-5-19-38(20-6-1)45-27-13-15-29-47(45)53-49-31-17-18-32-50(49)54(48-30-16-14-28-46(48)39-21-7-2-8-22-39)56-52-37-41-35-44(34-33-40(41)36-51(52)55(53)56)57(42-23-9-3-10-24-42)43-25-11-4-12-26-43/h1-37H. The van der Waals surface area contributed by atoms with Crippen LogP contribution in [0.2, 0.25) is 0 Å². The van der Waals surface area contributed by atoms with Gasteiger partial charge in [-0.2, -0.15) is 0 Å². The summed E-state index contributed by atoms with van der Waals surface area (Å²) < 4.78 is 0. The number of benzene rings is 10. The van der Waals surface area contributed by atoms with Gasteiger partial charge in [0.05, 0.1) is 0 Å². The van der Waals surface area contributed by atoms with Crippen molar-refractivity contribution in [2.24, 2.45) is 0 Å². The minimum Gasteiger partial charge on any atom is -0.310 e. The molecule has 0 saturated carbocycles. The SMILES string of the molecule is c1ccc(-c2ccccc2-c2c3c(c(-c4ccccc4-c4ccccc4)c4ccccc24)-c2cc4cc(N(c5ccccc5)c5ccccc5)ccc4cc2-3)cc1. The van der Waals surface area contributed by atoms with Gasteiger partial charge in [0.1, 0.15) is 0 Å². The van der Waals surface area contributed by atoms with Crippen LogP contribution in [-0.4, -0.2) is 0 Å². The third-order valence-electron chi connectivity index (χ3n) is 11.6. The van der Waals surface area contributed by atoms with Gasteiger partial charge in [0.2, 0.25) is 0 Å². The zero-order chi connectivity index (χ0) is 37.7. The van der Waals surface area contributed by atoms with Gasteiger partial charge < -0.3 is 4.90 Å². The van der Waals surface area contributed by atoms with Crippen LogP contribution in [0.15, 0.2) is 224 Å². The molecule has 57 heavy (non-hydrogen) atoms. The number of hydrogen-bond donors (Lipinski definition) is 0. The van der Waals surface area contributed by atoms with E-state index in [4.69, 9.17) is 0 Å². The number of nitrogens with zero attached hydrogens (tertiary/aromatic N) is 1. The number of fused-ring (bicyclic) bond motifs is 6. The molecule has 10 aromatic rings. The molecule has 11 rings (SSSR count). The molecule has 10 aromatic carbocycles. The van der Waals surface area contributed by atoms with Crippen LogP contribution in [0.4, 0.5) is 17.1 Å². The first kappa shape index (κ1) is 32.9. The molecule has 0 spiro atoms. The molecule has 0 unspecified atom stereocenters. The van der Waals surface area contributed by atoms with Crippen molar-refractivity contribution in [3.05, 3.63) is 224 Å². The average molecular weight is 724 g/mol. The van der Waals surface area contributed by atoms with E-state index >= 15 is 0 Å². The molecule has 0 heterocycles. The fourth-order valence-corrected chi connectivity index (χ4v) is 9.05. The van der Waals surface area contributed by atoms with Crippen LogP contribution >= 0.6 is 0 Å². The highest BCUT2D eigenvalue weighted by molar-refractivity contribution is 6.27. The maximum Gasteiger partial charge on any atom is 0.0468 e. The van der Waals surface area contributed by atoms with Crippen LogP contribution in [0.1, 0.15) is 0 Å². The maximum absolute atomic E-state index is 2.45. The molecule has 1 nitrogen and oxygen atoms in total. The van der Waals surface area contributed by atoms with Crippen LogP contribution in [0, 0.1) is 0 Å². The summed E-state index contributed by atoms with van der Waals surface area (Å²) in [5, 5.41) is 4.97. The minimum absolute atomic E-state index is 1.13. The highest BCUT2D eigenvalue weighted by atomic mass is 15.1. The molecule has 0 amide bonds. The van der Waals surface area contributed by atoms with Gasteiger partial charge in [0.15, 0.2) is 0 Å². The molecule has 0 atom stereocenters. The first-order valence-electron chi connectivity index (χ1n) is 19.7. The number of anilines is 3. The van der Waals surface area contributed by atoms with E-state index in [1.165, 1.54) is 88.3 Å². The normalized spacial score (nSPS) is 11.5. The molecule has 0 saturated heterocycles. The molecule has 0 N–H and O–H groups in total. The largest absolute Gasteiger partial charge is 0.310 e. The summed E-state index contributed by atoms with van der Waals surface area (Å²) in [6.45, 7) is 0. The van der Waals surface area contributed by atoms with E-state index in [1.54, 1.807) is 0 Å². The fraction of sp³-hybridized carbons (Fsp3) is 0. The van der Waals surface area contributed by atoms with E-state index in [2.05, 4.69) is 229 Å². The quantitative estimate of drug-likeness (QED) is 0.158. The maximum atomic E-state index is 2.45. The topological polar surface area (TPSA) is 3.24 Å². The lowest BCUT2D eigenvalue weighted by molar-refractivity contribution is 1.29. The fourth-order valence-electron chi connectivity index (χ4n) is 9.05. The van der Waals surface area contributed by atoms with Crippen molar-refractivity contribution in [2.75, 3.05) is 4.90 Å². The van der Waals surface area contributed by atoms with Gasteiger partial charge in [-0.05, 0) is 137 Å². The number of para-hydroxylation sites is 2. The predicted octanol–water partition coefficient (Wildman–Crippen LogP) is 15.8. The molecule has 1 aliphatic carbocycles. The third kappa shape index (κ3) is 5.47. The molecule has 0 bridgehead atoms. The Morgan fingerprint density at radius 3 is 1.09 bits per heavy atom. The monoisotopic (exact) mass is 723 g/mol. The second-order valence-electron chi connectivity index (χ2n) is 14.8. The summed E-state index contributed by atoms with van der Waals surface area (Å²) in [7, 11) is 0. The van der Waals surface area contributed by atoms with Gasteiger partial charge in [-0.15, -0.1) is 0 Å². The highest BCUT2D eigenvalue weighted by Gasteiger charge is 2.34. The van der Waals surface area contributed by atoms with E-state index in [-0.39, 0.29) is 0 Å². The first-order valence-corrected chi connectivity index (χ1v) is 19.7. The van der Waals surface area contributed by atoms with Crippen LogP contribution in [0.5, 0.6) is 0 Å². The van der Waals surface area contributed by atoms with E-state index in [1.807, 2.05) is 0 Å². The van der Waals surface area contributed by atoms with Gasteiger partial charge in [0, 0.05) is 17.1 Å². The lowest BCUT2D eigenvalue weighted by Gasteiger charge is -2.34. The van der Waals surface area contributed by atoms with E-state index in [0.717, 1.165) is 17.1 Å². The lowest BCUT2D eigenvalue weighted by atomic mass is 9.69. The Morgan fingerprint density at radius 2 is 0.614 bits per heavy atom. The molecule has 1 heteroatoms. The highest BCUT2D eigenvalue weighted by Crippen LogP contribution is 2.61. The number of rotatable bonds is 7. The van der Waals surface area contributed by atoms with Gasteiger partial charge in [-0.25, -0.2) is 0 Å². The Bertz CT molecular complexity index is 3060. The van der Waals surface area contributed by atoms with E-state index in [9.17, 15) is 0 Å². The Kier molecular flexibility index (Phi) is 7.89. The van der Waals surface area contributed by atoms with Gasteiger partial charge in [0.25, 0.3) is 0 Å². The van der Waals surface area contributed by atoms with Crippen molar-refractivity contribution in [3.8, 4) is 66.8 Å². The molecule has 0 aromatic heterocycles. The van der Waals surface area contributed by atoms with Crippen LogP contribution < -0.4 is 4.90 Å². The van der Waals surface area contributed by atoms with Crippen molar-refractivity contribution < 1.29 is 0 Å². The summed E-state index contributed by atoms with van der Waals surface area (Å²) in [6, 6.07) is 81.7. The Hall–Kier alpha value is -7.48. The predicted molar refractivity (Wildman–Crippen MR) is 242 cm³/mol. The molecule has 0 aliphatic heterocycles. The zero-order valence-electron chi connectivity index (χ0n) is 31.3. The second-order valence-corrected chi connectivity index (χ2v) is 14.8. The lowest BCUT2D eigenvalue weighted by Crippen LogP contribution is -2.10. The van der Waals surface area contributed by atoms with Crippen molar-refractivity contribution in [2.45, 2.75) is 0 Å². The average Bonchev–Trinajstić information content (AvgIpc) is 3.29. The Labute approximate surface area is 333 Å². The van der Waals surface area contributed by atoms with E-state index in [0.29, 0.717) is 0 Å². The van der Waals surface area contributed by atoms with Gasteiger partial charge in [-0.1, -0.05) is 176 Å². The molecule has 0 fully saturated rings. The molecule has 1 aliphatic rings. The summed E-state index contributed by atoms with van der Waals surface area (Å²) >= 11 is 0. The molecule has 0 radical (unpaired) electrons. The third-order valence-corrected chi connectivity index (χ3v) is 11.6. The van der Waals surface area contributed by atoms with Crippen molar-refractivity contribution in [3.63, 3.8) is 0 Å². The molecular formula is C56H37N. The Balaban J connectivity index is 1.20.